The predicted molar refractivity (Wildman–Crippen MR) is 169 cm³/mol. The summed E-state index contributed by atoms with van der Waals surface area (Å²) in [5.74, 6) is -0.0473. The molecule has 0 radical (unpaired) electrons. The van der Waals surface area contributed by atoms with Crippen LogP contribution in [-0.2, 0) is 19.6 Å². The summed E-state index contributed by atoms with van der Waals surface area (Å²) in [7, 11) is -4.10. The van der Waals surface area contributed by atoms with E-state index in [4.69, 9.17) is 14.8 Å². The Morgan fingerprint density at radius 3 is 2.60 bits per heavy atom. The molecule has 4 heterocycles. The minimum atomic E-state index is -4.10. The quantitative estimate of drug-likeness (QED) is 0.213. The van der Waals surface area contributed by atoms with E-state index >= 15 is 0 Å². The van der Waals surface area contributed by atoms with Gasteiger partial charge in [0.1, 0.15) is 11.3 Å². The first-order valence-electron chi connectivity index (χ1n) is 15.1. The fraction of sp³-hybridized carbons (Fsp3) is 0.333. The fourth-order valence-corrected chi connectivity index (χ4v) is 8.38. The van der Waals surface area contributed by atoms with Crippen LogP contribution >= 0.6 is 0 Å². The monoisotopic (exact) mass is 628 g/mol. The number of nitrogens with one attached hydrogen (secondary N) is 1. The molecule has 232 valence electrons. The Kier molecular flexibility index (Phi) is 7.19. The molecule has 8 rings (SSSR count). The Labute approximate surface area is 260 Å². The van der Waals surface area contributed by atoms with E-state index in [1.54, 1.807) is 28.9 Å². The number of carbonyl (C=O) groups excluding carboxylic acids is 1. The van der Waals surface area contributed by atoms with E-state index in [0.29, 0.717) is 23.5 Å². The molecule has 0 saturated heterocycles. The van der Waals surface area contributed by atoms with Crippen molar-refractivity contribution in [3.05, 3.63) is 78.5 Å². The molecule has 10 nitrogen and oxygen atoms in total. The number of aromatic nitrogens is 5. The molecular weight excluding hydrogens is 595 g/mol. The third-order valence-corrected chi connectivity index (χ3v) is 10.9. The molecule has 3 saturated carbocycles. The van der Waals surface area contributed by atoms with Crippen LogP contribution in [0.1, 0.15) is 43.7 Å². The first-order valence-corrected chi connectivity index (χ1v) is 16.6. The summed E-state index contributed by atoms with van der Waals surface area (Å²) in [5, 5.41) is 8.58. The van der Waals surface area contributed by atoms with Crippen LogP contribution in [0.5, 0.6) is 0 Å². The Bertz CT molecular complexity index is 2060. The summed E-state index contributed by atoms with van der Waals surface area (Å²) >= 11 is 0. The lowest BCUT2D eigenvalue weighted by Gasteiger charge is -2.47. The van der Waals surface area contributed by atoms with Crippen molar-refractivity contribution in [1.29, 1.82) is 0 Å². The van der Waals surface area contributed by atoms with Crippen LogP contribution in [-0.4, -0.2) is 50.6 Å². The molecule has 12 heteroatoms. The number of carbonyl (C=O) groups is 1. The van der Waals surface area contributed by atoms with E-state index < -0.39 is 15.8 Å². The molecule has 4 aromatic heterocycles. The molecule has 3 aliphatic carbocycles. The van der Waals surface area contributed by atoms with Crippen LogP contribution in [0.15, 0.2) is 66.5 Å². The number of hydrogen-bond acceptors (Lipinski definition) is 8. The zero-order valence-electron chi connectivity index (χ0n) is 25.0. The Morgan fingerprint density at radius 2 is 1.89 bits per heavy atom. The molecule has 0 amide bonds. The smallest absolute Gasteiger partial charge is 0.311 e. The highest BCUT2D eigenvalue weighted by atomic mass is 32.2. The van der Waals surface area contributed by atoms with Crippen molar-refractivity contribution in [1.82, 2.24) is 23.6 Å². The summed E-state index contributed by atoms with van der Waals surface area (Å²) in [5.41, 5.74) is 2.71. The van der Waals surface area contributed by atoms with Crippen molar-refractivity contribution in [2.24, 2.45) is 17.8 Å². The maximum Gasteiger partial charge on any atom is 0.311 e. The molecule has 3 aliphatic rings. The lowest BCUT2D eigenvalue weighted by molar-refractivity contribution is -0.154. The van der Waals surface area contributed by atoms with Crippen LogP contribution in [0.4, 0.5) is 10.2 Å². The number of anilines is 1. The van der Waals surface area contributed by atoms with Crippen LogP contribution in [0, 0.1) is 30.5 Å². The SMILES string of the molecule is C=Cc1ccn2nc(-c3cn(S(=O)(=O)c4ccc(C)cc4)c4ncc(F)cc34)nc(N[C@H]3[C@H]4CC[C@H](CC4)[C@@H]3C(=O)OCC)c12. The van der Waals surface area contributed by atoms with Crippen molar-refractivity contribution in [2.75, 3.05) is 11.9 Å². The van der Waals surface area contributed by atoms with Gasteiger partial charge in [-0.3, -0.25) is 4.79 Å². The van der Waals surface area contributed by atoms with E-state index in [2.05, 4.69) is 16.9 Å². The Hall–Kier alpha value is -4.58. The number of hydrogen-bond donors (Lipinski definition) is 1. The summed E-state index contributed by atoms with van der Waals surface area (Å²) in [6.45, 7) is 7.94. The van der Waals surface area contributed by atoms with Crippen molar-refractivity contribution < 1.29 is 22.3 Å². The molecule has 0 aliphatic heterocycles. The maximum atomic E-state index is 14.6. The second-order valence-electron chi connectivity index (χ2n) is 11.9. The minimum Gasteiger partial charge on any atom is -0.466 e. The lowest BCUT2D eigenvalue weighted by atomic mass is 9.61. The molecule has 1 aromatic carbocycles. The van der Waals surface area contributed by atoms with E-state index in [1.807, 2.05) is 19.9 Å². The Morgan fingerprint density at radius 1 is 1.16 bits per heavy atom. The van der Waals surface area contributed by atoms with Crippen molar-refractivity contribution in [3.8, 4) is 11.4 Å². The van der Waals surface area contributed by atoms with Crippen molar-refractivity contribution >= 4 is 44.4 Å². The first kappa shape index (κ1) is 29.1. The molecule has 0 unspecified atom stereocenters. The highest BCUT2D eigenvalue weighted by Crippen LogP contribution is 2.47. The number of nitrogens with zero attached hydrogens (tertiary/aromatic N) is 5. The zero-order valence-corrected chi connectivity index (χ0v) is 25.8. The van der Waals surface area contributed by atoms with E-state index in [9.17, 15) is 17.6 Å². The van der Waals surface area contributed by atoms with Crippen LogP contribution in [0.25, 0.3) is 34.0 Å². The van der Waals surface area contributed by atoms with Gasteiger partial charge in [-0.25, -0.2) is 31.3 Å². The van der Waals surface area contributed by atoms with E-state index in [-0.39, 0.29) is 51.5 Å². The van der Waals surface area contributed by atoms with Crippen LogP contribution in [0.2, 0.25) is 0 Å². The molecule has 2 atom stereocenters. The molecule has 5 aromatic rings. The predicted octanol–water partition coefficient (Wildman–Crippen LogP) is 5.85. The second-order valence-corrected chi connectivity index (χ2v) is 13.7. The topological polar surface area (TPSA) is 120 Å². The van der Waals surface area contributed by atoms with Gasteiger partial charge in [-0.1, -0.05) is 30.4 Å². The van der Waals surface area contributed by atoms with Gasteiger partial charge < -0.3 is 10.1 Å². The molecule has 2 bridgehead atoms. The molecule has 1 N–H and O–H groups in total. The molecule has 45 heavy (non-hydrogen) atoms. The maximum absolute atomic E-state index is 14.6. The van der Waals surface area contributed by atoms with Gasteiger partial charge in [-0.15, -0.1) is 5.10 Å². The molecule has 0 spiro atoms. The summed E-state index contributed by atoms with van der Waals surface area (Å²) in [6.07, 6.45) is 9.80. The van der Waals surface area contributed by atoms with Crippen molar-refractivity contribution in [3.63, 3.8) is 0 Å². The van der Waals surface area contributed by atoms with Gasteiger partial charge in [0.2, 0.25) is 0 Å². The normalized spacial score (nSPS) is 21.3. The molecule has 3 fully saturated rings. The summed E-state index contributed by atoms with van der Waals surface area (Å²) < 4.78 is 50.5. The average molecular weight is 629 g/mol. The number of aryl methyl sites for hydroxylation is 1. The van der Waals surface area contributed by atoms with Crippen LogP contribution < -0.4 is 5.32 Å². The number of pyridine rings is 1. The van der Waals surface area contributed by atoms with Gasteiger partial charge in [0.15, 0.2) is 17.3 Å². The third-order valence-electron chi connectivity index (χ3n) is 9.24. The second kappa shape index (κ2) is 11.1. The number of halogens is 1. The van der Waals surface area contributed by atoms with Gasteiger partial charge in [0.05, 0.1) is 23.6 Å². The number of fused-ring (bicyclic) bond motifs is 5. The summed E-state index contributed by atoms with van der Waals surface area (Å²) in [4.78, 5) is 22.4. The largest absolute Gasteiger partial charge is 0.466 e. The van der Waals surface area contributed by atoms with Gasteiger partial charge in [-0.05, 0) is 75.6 Å². The van der Waals surface area contributed by atoms with E-state index in [0.717, 1.165) is 47.0 Å². The highest BCUT2D eigenvalue weighted by molar-refractivity contribution is 7.90. The fourth-order valence-electron chi connectivity index (χ4n) is 7.06. The van der Waals surface area contributed by atoms with E-state index in [1.165, 1.54) is 24.4 Å². The van der Waals surface area contributed by atoms with Gasteiger partial charge in [0.25, 0.3) is 10.0 Å². The zero-order chi connectivity index (χ0) is 31.5. The highest BCUT2D eigenvalue weighted by Gasteiger charge is 2.48. The lowest BCUT2D eigenvalue weighted by Crippen LogP contribution is -2.52. The average Bonchev–Trinajstić information content (AvgIpc) is 3.63. The minimum absolute atomic E-state index is 0.0523. The van der Waals surface area contributed by atoms with Gasteiger partial charge >= 0.3 is 5.97 Å². The number of benzene rings is 1. The first-order chi connectivity index (χ1) is 21.7. The van der Waals surface area contributed by atoms with Gasteiger partial charge in [-0.2, -0.15) is 0 Å². The van der Waals surface area contributed by atoms with Crippen LogP contribution in [0.3, 0.4) is 0 Å². The number of ether oxygens (including phenoxy) is 1. The Balaban J connectivity index is 1.39. The molecular formula is C33H33FN6O4S. The third kappa shape index (κ3) is 4.87. The van der Waals surface area contributed by atoms with Crippen molar-refractivity contribution in [2.45, 2.75) is 50.5 Å². The number of esters is 1. The van der Waals surface area contributed by atoms with Gasteiger partial charge in [0, 0.05) is 34.9 Å². The standard InChI is InChI=1S/C33H33FN6O4S/c1-4-20-14-15-39-29(20)31(36-28-22-10-8-21(9-11-22)27(28)33(41)44-5-2)37-30(38-39)26-18-40(32-25(26)16-23(34)17-35-32)45(42,43)24-12-6-19(3)7-13-24/h4,6-7,12-18,21-22,27-28H,1,5,8-11H2,2-3H3,(H,36,37,38)/t21-,22+,27-,28-/m0/s1. The summed E-state index contributed by atoms with van der Waals surface area (Å²) in [6, 6.07) is 9.36. The number of rotatable bonds is 8.